The molecule has 51 heavy (non-hydrogen) atoms. The van der Waals surface area contributed by atoms with Crippen LogP contribution >= 0.6 is 0 Å². The van der Waals surface area contributed by atoms with Crippen molar-refractivity contribution < 1.29 is 19.1 Å². The molecular weight excluding hydrogens is 644 g/mol. The average molecular weight is 693 g/mol. The molecule has 0 saturated carbocycles. The molecule has 11 nitrogen and oxygen atoms in total. The number of carbonyl (C=O) groups is 3. The van der Waals surface area contributed by atoms with Crippen LogP contribution in [-0.4, -0.2) is 75.5 Å². The zero-order chi connectivity index (χ0) is 37.1. The van der Waals surface area contributed by atoms with Gasteiger partial charge in [-0.2, -0.15) is 0 Å². The Balaban J connectivity index is 1.25. The highest BCUT2D eigenvalue weighted by atomic mass is 16.6. The van der Waals surface area contributed by atoms with Gasteiger partial charge in [-0.3, -0.25) is 24.1 Å². The summed E-state index contributed by atoms with van der Waals surface area (Å²) in [5, 5.41) is 6.15. The Hall–Kier alpha value is -5.29. The molecule has 0 aliphatic carbocycles. The number of benzene rings is 3. The standard InChI is InChI=1S/C40H48N6O5/c1-26-31(10-9-11-32(26)43-36(48)27-12-16-29(17-13-27)39(2,3)4)33-24-44(8)38(50)35(42-33)41-30-18-14-28(15-19-30)37(49)46-22-20-45(21-23-46)25-34(47)51-40(5,6)7/h9-19,24H,20-23,25H2,1-8H3,(H,41,42)(H,43,48). The van der Waals surface area contributed by atoms with Gasteiger partial charge in [-0.1, -0.05) is 45.0 Å². The molecular formula is C40H48N6O5. The van der Waals surface area contributed by atoms with Crippen molar-refractivity contribution in [2.24, 2.45) is 7.05 Å². The molecule has 4 aromatic rings. The summed E-state index contributed by atoms with van der Waals surface area (Å²) in [4.78, 5) is 60.2. The maximum absolute atomic E-state index is 13.2. The number of nitrogens with one attached hydrogen (secondary N) is 2. The second-order valence-electron chi connectivity index (χ2n) is 15.0. The Morgan fingerprint density at radius 2 is 1.47 bits per heavy atom. The molecule has 1 aromatic heterocycles. The first-order chi connectivity index (χ1) is 24.0. The molecule has 11 heteroatoms. The highest BCUT2D eigenvalue weighted by molar-refractivity contribution is 6.05. The lowest BCUT2D eigenvalue weighted by atomic mass is 9.86. The summed E-state index contributed by atoms with van der Waals surface area (Å²) in [5.74, 6) is -0.457. The minimum Gasteiger partial charge on any atom is -0.459 e. The van der Waals surface area contributed by atoms with E-state index in [1.165, 1.54) is 4.57 Å². The predicted octanol–water partition coefficient (Wildman–Crippen LogP) is 6.15. The Morgan fingerprint density at radius 1 is 0.843 bits per heavy atom. The lowest BCUT2D eigenvalue weighted by molar-refractivity contribution is -0.156. The van der Waals surface area contributed by atoms with E-state index in [4.69, 9.17) is 4.74 Å². The lowest BCUT2D eigenvalue weighted by Crippen LogP contribution is -2.50. The van der Waals surface area contributed by atoms with Gasteiger partial charge in [0.15, 0.2) is 5.82 Å². The summed E-state index contributed by atoms with van der Waals surface area (Å²) >= 11 is 0. The number of rotatable bonds is 8. The maximum Gasteiger partial charge on any atom is 0.320 e. The van der Waals surface area contributed by atoms with E-state index in [0.29, 0.717) is 54.4 Å². The van der Waals surface area contributed by atoms with Crippen molar-refractivity contribution in [1.29, 1.82) is 0 Å². The largest absolute Gasteiger partial charge is 0.459 e. The number of hydrogen-bond acceptors (Lipinski definition) is 8. The molecule has 2 heterocycles. The molecule has 0 unspecified atom stereocenters. The molecule has 2 amide bonds. The first kappa shape index (κ1) is 37.0. The third kappa shape index (κ3) is 9.29. The number of esters is 1. The monoisotopic (exact) mass is 692 g/mol. The predicted molar refractivity (Wildman–Crippen MR) is 201 cm³/mol. The van der Waals surface area contributed by atoms with Gasteiger partial charge in [0.1, 0.15) is 5.60 Å². The van der Waals surface area contributed by atoms with Crippen molar-refractivity contribution in [3.8, 4) is 11.3 Å². The molecule has 0 atom stereocenters. The van der Waals surface area contributed by atoms with Gasteiger partial charge in [-0.25, -0.2) is 4.98 Å². The summed E-state index contributed by atoms with van der Waals surface area (Å²) < 4.78 is 6.89. The van der Waals surface area contributed by atoms with Gasteiger partial charge in [-0.05, 0) is 86.7 Å². The Morgan fingerprint density at radius 3 is 2.08 bits per heavy atom. The molecule has 1 aliphatic heterocycles. The lowest BCUT2D eigenvalue weighted by Gasteiger charge is -2.34. The Kier molecular flexibility index (Phi) is 10.8. The van der Waals surface area contributed by atoms with Crippen LogP contribution in [0.3, 0.4) is 0 Å². The average Bonchev–Trinajstić information content (AvgIpc) is 3.07. The van der Waals surface area contributed by atoms with E-state index in [9.17, 15) is 19.2 Å². The van der Waals surface area contributed by atoms with Gasteiger partial charge >= 0.3 is 5.97 Å². The molecule has 0 bridgehead atoms. The number of aromatic nitrogens is 2. The van der Waals surface area contributed by atoms with E-state index in [1.807, 2.05) is 75.1 Å². The van der Waals surface area contributed by atoms with Gasteiger partial charge in [-0.15, -0.1) is 0 Å². The zero-order valence-corrected chi connectivity index (χ0v) is 30.8. The highest BCUT2D eigenvalue weighted by Crippen LogP contribution is 2.29. The normalized spacial score (nSPS) is 13.8. The summed E-state index contributed by atoms with van der Waals surface area (Å²) in [6.07, 6.45) is 1.67. The van der Waals surface area contributed by atoms with Crippen LogP contribution in [0.2, 0.25) is 0 Å². The Bertz CT molecular complexity index is 1960. The van der Waals surface area contributed by atoms with Crippen molar-refractivity contribution in [2.45, 2.75) is 59.5 Å². The second kappa shape index (κ2) is 14.9. The number of hydrogen-bond donors (Lipinski definition) is 2. The van der Waals surface area contributed by atoms with Crippen LogP contribution in [0.25, 0.3) is 11.3 Å². The fourth-order valence-corrected chi connectivity index (χ4v) is 5.86. The SMILES string of the molecule is Cc1c(NC(=O)c2ccc(C(C)(C)C)cc2)cccc1-c1cn(C)c(=O)c(Nc2ccc(C(=O)N3CCN(CC(=O)OC(C)(C)C)CC3)cc2)n1. The Labute approximate surface area is 299 Å². The fraction of sp³-hybridized carbons (Fsp3) is 0.375. The number of carbonyl (C=O) groups excluding carboxylic acids is 3. The van der Waals surface area contributed by atoms with Gasteiger partial charge in [0, 0.05) is 67.5 Å². The molecule has 0 spiro atoms. The van der Waals surface area contributed by atoms with E-state index < -0.39 is 5.60 Å². The van der Waals surface area contributed by atoms with E-state index in [-0.39, 0.29) is 41.1 Å². The zero-order valence-electron chi connectivity index (χ0n) is 30.8. The molecule has 1 fully saturated rings. The van der Waals surface area contributed by atoms with Crippen LogP contribution in [0.1, 0.15) is 73.4 Å². The first-order valence-electron chi connectivity index (χ1n) is 17.2. The first-order valence-corrected chi connectivity index (χ1v) is 17.2. The molecule has 3 aromatic carbocycles. The van der Waals surface area contributed by atoms with Gasteiger partial charge in [0.25, 0.3) is 17.4 Å². The smallest absolute Gasteiger partial charge is 0.320 e. The van der Waals surface area contributed by atoms with Gasteiger partial charge in [0.2, 0.25) is 0 Å². The number of aryl methyl sites for hydroxylation is 1. The topological polar surface area (TPSA) is 126 Å². The van der Waals surface area contributed by atoms with Crippen LogP contribution < -0.4 is 16.2 Å². The summed E-state index contributed by atoms with van der Waals surface area (Å²) in [6.45, 7) is 16.2. The minimum atomic E-state index is -0.534. The third-order valence-electron chi connectivity index (χ3n) is 8.77. The van der Waals surface area contributed by atoms with Crippen LogP contribution in [0.5, 0.6) is 0 Å². The van der Waals surface area contributed by atoms with Crippen LogP contribution in [0, 0.1) is 6.92 Å². The van der Waals surface area contributed by atoms with Crippen LogP contribution in [-0.2, 0) is 22.0 Å². The summed E-state index contributed by atoms with van der Waals surface area (Å²) in [7, 11) is 1.66. The van der Waals surface area contributed by atoms with Crippen molar-refractivity contribution in [2.75, 3.05) is 43.4 Å². The van der Waals surface area contributed by atoms with E-state index in [0.717, 1.165) is 16.7 Å². The number of ether oxygens (including phenoxy) is 1. The number of anilines is 3. The van der Waals surface area contributed by atoms with E-state index in [1.54, 1.807) is 42.4 Å². The second-order valence-corrected chi connectivity index (χ2v) is 15.0. The van der Waals surface area contributed by atoms with Crippen molar-refractivity contribution >= 4 is 35.0 Å². The molecule has 0 radical (unpaired) electrons. The molecule has 2 N–H and O–H groups in total. The fourth-order valence-electron chi connectivity index (χ4n) is 5.86. The molecule has 1 aliphatic rings. The van der Waals surface area contributed by atoms with Gasteiger partial charge < -0.3 is 24.8 Å². The quantitative estimate of drug-likeness (QED) is 0.211. The van der Waals surface area contributed by atoms with E-state index in [2.05, 4.69) is 36.4 Å². The molecule has 268 valence electrons. The van der Waals surface area contributed by atoms with E-state index >= 15 is 0 Å². The highest BCUT2D eigenvalue weighted by Gasteiger charge is 2.25. The molecule has 1 saturated heterocycles. The number of piperazine rings is 1. The van der Waals surface area contributed by atoms with Crippen molar-refractivity contribution in [1.82, 2.24) is 19.4 Å². The maximum atomic E-state index is 13.2. The minimum absolute atomic E-state index is 0.0110. The van der Waals surface area contributed by atoms with Crippen molar-refractivity contribution in [3.05, 3.63) is 106 Å². The summed E-state index contributed by atoms with van der Waals surface area (Å²) in [5.41, 5.74) is 4.75. The van der Waals surface area contributed by atoms with Crippen LogP contribution in [0.4, 0.5) is 17.2 Å². The third-order valence-corrected chi connectivity index (χ3v) is 8.77. The van der Waals surface area contributed by atoms with Crippen LogP contribution in [0.15, 0.2) is 77.7 Å². The number of nitrogens with zero attached hydrogens (tertiary/aromatic N) is 4. The summed E-state index contributed by atoms with van der Waals surface area (Å²) in [6, 6.07) is 20.1. The molecule has 5 rings (SSSR count). The van der Waals surface area contributed by atoms with Gasteiger partial charge in [0.05, 0.1) is 12.2 Å². The van der Waals surface area contributed by atoms with Crippen molar-refractivity contribution in [3.63, 3.8) is 0 Å². The number of amides is 2.